The summed E-state index contributed by atoms with van der Waals surface area (Å²) in [6, 6.07) is 0.626. The molecule has 0 bridgehead atoms. The molecule has 2 nitrogen and oxygen atoms in total. The van der Waals surface area contributed by atoms with Gasteiger partial charge in [-0.1, -0.05) is 6.92 Å². The molecule has 3 heteroatoms. The van der Waals surface area contributed by atoms with Crippen LogP contribution in [0.5, 0.6) is 0 Å². The Labute approximate surface area is 78.6 Å². The highest BCUT2D eigenvalue weighted by Gasteiger charge is 2.06. The molecule has 0 saturated heterocycles. The van der Waals surface area contributed by atoms with E-state index in [1.54, 1.807) is 0 Å². The van der Waals surface area contributed by atoms with Crippen LogP contribution < -0.4 is 21.5 Å². The van der Waals surface area contributed by atoms with Crippen LogP contribution >= 0.6 is 0 Å². The predicted molar refractivity (Wildman–Crippen MR) is 40.6 cm³/mol. The monoisotopic (exact) mass is 218 g/mol. The Morgan fingerprint density at radius 3 is 2.55 bits per heavy atom. The minimum atomic E-state index is 0. The van der Waals surface area contributed by atoms with Crippen molar-refractivity contribution in [1.82, 2.24) is 4.57 Å². The summed E-state index contributed by atoms with van der Waals surface area (Å²) < 4.78 is 4.28. The van der Waals surface area contributed by atoms with E-state index in [4.69, 9.17) is 0 Å². The van der Waals surface area contributed by atoms with Crippen LogP contribution in [0.3, 0.4) is 0 Å². The fourth-order valence-electron chi connectivity index (χ4n) is 0.941. The largest absolute Gasteiger partial charge is 1.00 e. The molecule has 0 aliphatic rings. The van der Waals surface area contributed by atoms with Crippen LogP contribution in [0.2, 0.25) is 0 Å². The second kappa shape index (κ2) is 4.54. The molecular weight excluding hydrogens is 204 g/mol. The zero-order valence-electron chi connectivity index (χ0n) is 7.29. The molecule has 0 aliphatic carbocycles. The van der Waals surface area contributed by atoms with Gasteiger partial charge in [-0.2, -0.15) is 0 Å². The summed E-state index contributed by atoms with van der Waals surface area (Å²) in [4.78, 5) is 0. The van der Waals surface area contributed by atoms with E-state index in [0.29, 0.717) is 6.04 Å². The number of aromatic nitrogens is 2. The Bertz CT molecular complexity index is 208. The number of hydrogen-bond donors (Lipinski definition) is 0. The second-order valence-corrected chi connectivity index (χ2v) is 2.78. The number of nitrogens with zero attached hydrogens (tertiary/aromatic N) is 2. The molecule has 0 N–H and O–H groups in total. The van der Waals surface area contributed by atoms with Gasteiger partial charge in [-0.15, -0.1) is 0 Å². The summed E-state index contributed by atoms with van der Waals surface area (Å²) in [5.41, 5.74) is 0. The maximum Gasteiger partial charge on any atom is 0.243 e. The molecule has 1 heterocycles. The van der Waals surface area contributed by atoms with Crippen LogP contribution in [-0.2, 0) is 7.05 Å². The lowest BCUT2D eigenvalue weighted by molar-refractivity contribution is -0.671. The zero-order chi connectivity index (χ0) is 7.56. The average Bonchev–Trinajstić information content (AvgIpc) is 2.34. The van der Waals surface area contributed by atoms with Crippen molar-refractivity contribution in [2.45, 2.75) is 26.3 Å². The van der Waals surface area contributed by atoms with Crippen molar-refractivity contribution in [3.63, 3.8) is 0 Å². The third-order valence-corrected chi connectivity index (χ3v) is 1.89. The van der Waals surface area contributed by atoms with E-state index >= 15 is 0 Å². The highest BCUT2D eigenvalue weighted by molar-refractivity contribution is 4.71. The first-order chi connectivity index (χ1) is 4.74. The first-order valence-corrected chi connectivity index (χ1v) is 3.76. The third kappa shape index (κ3) is 2.66. The number of imidazole rings is 1. The van der Waals surface area contributed by atoms with E-state index < -0.39 is 0 Å². The van der Waals surface area contributed by atoms with Gasteiger partial charge in [-0.25, -0.2) is 9.13 Å². The van der Waals surface area contributed by atoms with Crippen molar-refractivity contribution in [2.24, 2.45) is 7.05 Å². The topological polar surface area (TPSA) is 8.81 Å². The molecule has 0 aromatic carbocycles. The number of rotatable bonds is 2. The lowest BCUT2D eigenvalue weighted by Crippen LogP contribution is -3.00. The summed E-state index contributed by atoms with van der Waals surface area (Å²) in [6.45, 7) is 4.42. The van der Waals surface area contributed by atoms with E-state index in [9.17, 15) is 0 Å². The molecule has 0 saturated carbocycles. The van der Waals surface area contributed by atoms with E-state index in [1.165, 1.54) is 6.42 Å². The van der Waals surface area contributed by atoms with Gasteiger partial charge in [0.25, 0.3) is 0 Å². The van der Waals surface area contributed by atoms with Crippen LogP contribution in [-0.4, -0.2) is 4.57 Å². The van der Waals surface area contributed by atoms with E-state index in [0.717, 1.165) is 0 Å². The van der Waals surface area contributed by atoms with Crippen LogP contribution in [0, 0.1) is 0 Å². The van der Waals surface area contributed by atoms with Crippen molar-refractivity contribution in [1.29, 1.82) is 0 Å². The Balaban J connectivity index is 0.000001000. The molecule has 0 spiro atoms. The molecule has 64 valence electrons. The zero-order valence-corrected chi connectivity index (χ0v) is 8.87. The molecule has 1 unspecified atom stereocenters. The van der Waals surface area contributed by atoms with Crippen LogP contribution in [0.1, 0.15) is 26.3 Å². The number of halogens is 1. The molecule has 1 atom stereocenters. The van der Waals surface area contributed by atoms with Crippen molar-refractivity contribution < 1.29 is 21.5 Å². The number of hydrogen-bond acceptors (Lipinski definition) is 0. The van der Waals surface area contributed by atoms with Gasteiger partial charge in [0.2, 0.25) is 6.33 Å². The standard InChI is InChI=1S/C8H15N2.BrH/c1-4-8(2)10-6-5-9(3)7-10;/h5-8H,4H2,1-3H3;1H/q+1;/p-1. The molecular formula is C8H15BrN2. The maximum absolute atomic E-state index is 2.22. The Morgan fingerprint density at radius 2 is 2.18 bits per heavy atom. The minimum absolute atomic E-state index is 0. The minimum Gasteiger partial charge on any atom is -1.00 e. The lowest BCUT2D eigenvalue weighted by Gasteiger charge is -2.01. The molecule has 0 radical (unpaired) electrons. The summed E-state index contributed by atoms with van der Waals surface area (Å²) in [6.07, 6.45) is 7.46. The first-order valence-electron chi connectivity index (χ1n) is 3.76. The molecule has 0 fully saturated rings. The summed E-state index contributed by atoms with van der Waals surface area (Å²) >= 11 is 0. The van der Waals surface area contributed by atoms with Gasteiger partial charge in [-0.3, -0.25) is 0 Å². The fraction of sp³-hybridized carbons (Fsp3) is 0.625. The van der Waals surface area contributed by atoms with Gasteiger partial charge in [0.05, 0.1) is 13.1 Å². The molecule has 0 aliphatic heterocycles. The van der Waals surface area contributed by atoms with Crippen molar-refractivity contribution in [2.75, 3.05) is 0 Å². The van der Waals surface area contributed by atoms with Crippen LogP contribution in [0.15, 0.2) is 18.7 Å². The second-order valence-electron chi connectivity index (χ2n) is 2.78. The van der Waals surface area contributed by atoms with E-state index in [2.05, 4.69) is 41.7 Å². The number of aryl methyl sites for hydroxylation is 1. The van der Waals surface area contributed by atoms with Crippen molar-refractivity contribution >= 4 is 0 Å². The van der Waals surface area contributed by atoms with Gasteiger partial charge >= 0.3 is 0 Å². The average molecular weight is 219 g/mol. The molecule has 11 heavy (non-hydrogen) atoms. The molecule has 1 aromatic heterocycles. The fourth-order valence-corrected chi connectivity index (χ4v) is 0.941. The molecule has 1 rings (SSSR count). The van der Waals surface area contributed by atoms with Gasteiger partial charge in [-0.05, 0) is 13.3 Å². The molecule has 0 amide bonds. The van der Waals surface area contributed by atoms with Gasteiger partial charge < -0.3 is 17.0 Å². The summed E-state index contributed by atoms with van der Waals surface area (Å²) in [5.74, 6) is 0. The quantitative estimate of drug-likeness (QED) is 0.524. The smallest absolute Gasteiger partial charge is 0.243 e. The first kappa shape index (κ1) is 10.7. The molecule has 1 aromatic rings. The van der Waals surface area contributed by atoms with E-state index in [1.807, 2.05) is 7.05 Å². The highest BCUT2D eigenvalue weighted by atomic mass is 79.9. The summed E-state index contributed by atoms with van der Waals surface area (Å²) in [7, 11) is 2.04. The van der Waals surface area contributed by atoms with Crippen LogP contribution in [0.4, 0.5) is 0 Å². The predicted octanol–water partition coefficient (Wildman–Crippen LogP) is -1.71. The normalized spacial score (nSPS) is 12.3. The van der Waals surface area contributed by atoms with E-state index in [-0.39, 0.29) is 17.0 Å². The van der Waals surface area contributed by atoms with Crippen molar-refractivity contribution in [3.05, 3.63) is 18.7 Å². The summed E-state index contributed by atoms with van der Waals surface area (Å²) in [5, 5.41) is 0. The Morgan fingerprint density at radius 1 is 1.55 bits per heavy atom. The van der Waals surface area contributed by atoms with Gasteiger partial charge in [0.15, 0.2) is 0 Å². The van der Waals surface area contributed by atoms with Crippen LogP contribution in [0.25, 0.3) is 0 Å². The Hall–Kier alpha value is -0.310. The Kier molecular flexibility index (Phi) is 4.42. The highest BCUT2D eigenvalue weighted by Crippen LogP contribution is 2.06. The van der Waals surface area contributed by atoms with Gasteiger partial charge in [0.1, 0.15) is 12.4 Å². The lowest BCUT2D eigenvalue weighted by atomic mass is 10.3. The maximum atomic E-state index is 2.22. The SMILES string of the molecule is CCC(C)n1cc[n+](C)c1.[Br-]. The van der Waals surface area contributed by atoms with Gasteiger partial charge in [0, 0.05) is 0 Å². The van der Waals surface area contributed by atoms with Crippen molar-refractivity contribution in [3.8, 4) is 0 Å². The third-order valence-electron chi connectivity index (χ3n) is 1.89.